The number of nitrogens with one attached hydrogen (secondary N) is 1. The molecule has 30 heavy (non-hydrogen) atoms. The summed E-state index contributed by atoms with van der Waals surface area (Å²) in [5.74, 6) is 1.12. The van der Waals surface area contributed by atoms with E-state index in [1.165, 1.54) is 10.9 Å². The molecule has 0 saturated heterocycles. The van der Waals surface area contributed by atoms with E-state index in [-0.39, 0.29) is 23.6 Å². The summed E-state index contributed by atoms with van der Waals surface area (Å²) in [6, 6.07) is 17.0. The average Bonchev–Trinajstić information content (AvgIpc) is 3.15. The van der Waals surface area contributed by atoms with E-state index >= 15 is 0 Å². The van der Waals surface area contributed by atoms with Gasteiger partial charge in [-0.1, -0.05) is 30.3 Å². The van der Waals surface area contributed by atoms with Crippen LogP contribution < -0.4 is 10.9 Å². The topological polar surface area (TPSA) is 101 Å². The standard InChI is InChI=1S/C22H18N4O3S/c23-11-15-5-1-2-6-16(15)13-30-10-9-24-19(27)12-26-14-25-20-17-7-3-4-8-18(17)29-21(20)22(26)28/h1-8,14H,9-10,12-13H2,(H,24,27). The lowest BCUT2D eigenvalue weighted by atomic mass is 10.1. The van der Waals surface area contributed by atoms with E-state index in [0.717, 1.165) is 10.9 Å². The molecule has 7 nitrogen and oxygen atoms in total. The quantitative estimate of drug-likeness (QED) is 0.463. The number of fused-ring (bicyclic) bond motifs is 3. The first-order chi connectivity index (χ1) is 14.7. The highest BCUT2D eigenvalue weighted by molar-refractivity contribution is 7.98. The molecule has 2 aromatic heterocycles. The van der Waals surface area contributed by atoms with Crippen LogP contribution >= 0.6 is 11.8 Å². The van der Waals surface area contributed by atoms with Gasteiger partial charge in [0.15, 0.2) is 0 Å². The van der Waals surface area contributed by atoms with Crippen LogP contribution in [0.5, 0.6) is 0 Å². The van der Waals surface area contributed by atoms with Gasteiger partial charge in [0.25, 0.3) is 5.56 Å². The Hall–Kier alpha value is -3.57. The van der Waals surface area contributed by atoms with Gasteiger partial charge in [-0.25, -0.2) is 4.98 Å². The molecule has 2 heterocycles. The molecule has 0 aliphatic heterocycles. The summed E-state index contributed by atoms with van der Waals surface area (Å²) in [7, 11) is 0. The molecular weight excluding hydrogens is 400 g/mol. The van der Waals surface area contributed by atoms with E-state index < -0.39 is 0 Å². The first-order valence-corrected chi connectivity index (χ1v) is 10.5. The van der Waals surface area contributed by atoms with Gasteiger partial charge in [0, 0.05) is 23.4 Å². The molecule has 8 heteroatoms. The Morgan fingerprint density at radius 1 is 1.20 bits per heavy atom. The van der Waals surface area contributed by atoms with Crippen LogP contribution in [0.15, 0.2) is 64.1 Å². The number of para-hydroxylation sites is 1. The van der Waals surface area contributed by atoms with Gasteiger partial charge in [-0.15, -0.1) is 0 Å². The molecule has 0 fully saturated rings. The monoisotopic (exact) mass is 418 g/mol. The normalized spacial score (nSPS) is 10.9. The molecule has 4 rings (SSSR count). The van der Waals surface area contributed by atoms with Gasteiger partial charge in [-0.3, -0.25) is 14.2 Å². The molecule has 1 amide bonds. The number of nitrogens with zero attached hydrogens (tertiary/aromatic N) is 3. The molecule has 0 radical (unpaired) electrons. The zero-order valence-electron chi connectivity index (χ0n) is 16.0. The Balaban J connectivity index is 1.32. The van der Waals surface area contributed by atoms with E-state index in [1.54, 1.807) is 23.9 Å². The zero-order valence-corrected chi connectivity index (χ0v) is 16.8. The van der Waals surface area contributed by atoms with Crippen molar-refractivity contribution in [3.05, 3.63) is 76.3 Å². The second-order valence-corrected chi connectivity index (χ2v) is 7.73. The van der Waals surface area contributed by atoms with Gasteiger partial charge in [-0.05, 0) is 23.8 Å². The highest BCUT2D eigenvalue weighted by Crippen LogP contribution is 2.24. The number of nitriles is 1. The van der Waals surface area contributed by atoms with Crippen molar-refractivity contribution in [3.63, 3.8) is 0 Å². The van der Waals surface area contributed by atoms with Crippen LogP contribution in [0.1, 0.15) is 11.1 Å². The van der Waals surface area contributed by atoms with Crippen LogP contribution in [0.2, 0.25) is 0 Å². The third kappa shape index (κ3) is 4.07. The summed E-state index contributed by atoms with van der Waals surface area (Å²) in [4.78, 5) is 29.2. The Bertz CT molecular complexity index is 1320. The molecule has 0 saturated carbocycles. The van der Waals surface area contributed by atoms with Crippen LogP contribution in [-0.4, -0.2) is 27.8 Å². The van der Waals surface area contributed by atoms with Crippen LogP contribution in [-0.2, 0) is 17.1 Å². The maximum Gasteiger partial charge on any atom is 0.297 e. The number of carbonyl (C=O) groups excluding carboxylic acids is 1. The molecule has 0 spiro atoms. The number of hydrogen-bond acceptors (Lipinski definition) is 6. The largest absolute Gasteiger partial charge is 0.448 e. The van der Waals surface area contributed by atoms with Gasteiger partial charge in [-0.2, -0.15) is 17.0 Å². The van der Waals surface area contributed by atoms with Crippen LogP contribution in [0, 0.1) is 11.3 Å². The van der Waals surface area contributed by atoms with Gasteiger partial charge in [0.2, 0.25) is 11.5 Å². The maximum absolute atomic E-state index is 12.6. The van der Waals surface area contributed by atoms with Gasteiger partial charge >= 0.3 is 0 Å². The summed E-state index contributed by atoms with van der Waals surface area (Å²) in [5.41, 5.74) is 2.51. The summed E-state index contributed by atoms with van der Waals surface area (Å²) in [6.45, 7) is 0.341. The number of benzene rings is 2. The predicted molar refractivity (Wildman–Crippen MR) is 116 cm³/mol. The van der Waals surface area contributed by atoms with Crippen LogP contribution in [0.4, 0.5) is 0 Å². The van der Waals surface area contributed by atoms with Crippen molar-refractivity contribution in [3.8, 4) is 6.07 Å². The fraction of sp³-hybridized carbons (Fsp3) is 0.182. The van der Waals surface area contributed by atoms with Crippen molar-refractivity contribution in [2.45, 2.75) is 12.3 Å². The summed E-state index contributed by atoms with van der Waals surface area (Å²) < 4.78 is 6.87. The second kappa shape index (κ2) is 8.84. The number of aromatic nitrogens is 2. The van der Waals surface area contributed by atoms with Crippen LogP contribution in [0.3, 0.4) is 0 Å². The Kier molecular flexibility index (Phi) is 5.82. The van der Waals surface area contributed by atoms with Gasteiger partial charge in [0.1, 0.15) is 17.6 Å². The lowest BCUT2D eigenvalue weighted by Crippen LogP contribution is -2.33. The molecule has 0 aliphatic carbocycles. The number of thioether (sulfide) groups is 1. The summed E-state index contributed by atoms with van der Waals surface area (Å²) in [5, 5.41) is 12.7. The first-order valence-electron chi connectivity index (χ1n) is 9.36. The third-order valence-electron chi connectivity index (χ3n) is 4.63. The number of hydrogen-bond donors (Lipinski definition) is 1. The number of rotatable bonds is 7. The van der Waals surface area contributed by atoms with Crippen molar-refractivity contribution in [1.82, 2.24) is 14.9 Å². The molecule has 0 aliphatic rings. The smallest absolute Gasteiger partial charge is 0.297 e. The fourth-order valence-corrected chi connectivity index (χ4v) is 4.00. The van der Waals surface area contributed by atoms with Crippen molar-refractivity contribution in [2.75, 3.05) is 12.3 Å². The number of furan rings is 1. The molecule has 2 aromatic carbocycles. The zero-order chi connectivity index (χ0) is 20.9. The predicted octanol–water partition coefficient (Wildman–Crippen LogP) is 3.06. The highest BCUT2D eigenvalue weighted by Gasteiger charge is 2.14. The van der Waals surface area contributed by atoms with E-state index in [2.05, 4.69) is 16.4 Å². The number of carbonyl (C=O) groups is 1. The SMILES string of the molecule is N#Cc1ccccc1CSCCNC(=O)Cn1cnc2c(oc3ccccc32)c1=O. The van der Waals surface area contributed by atoms with Crippen molar-refractivity contribution < 1.29 is 9.21 Å². The first kappa shape index (κ1) is 19.7. The second-order valence-electron chi connectivity index (χ2n) is 6.63. The molecule has 1 N–H and O–H groups in total. The van der Waals surface area contributed by atoms with E-state index in [1.807, 2.05) is 36.4 Å². The lowest BCUT2D eigenvalue weighted by molar-refractivity contribution is -0.121. The molecule has 0 unspecified atom stereocenters. The maximum atomic E-state index is 12.6. The Morgan fingerprint density at radius 3 is 2.87 bits per heavy atom. The van der Waals surface area contributed by atoms with Crippen molar-refractivity contribution in [1.29, 1.82) is 5.26 Å². The van der Waals surface area contributed by atoms with Crippen molar-refractivity contribution >= 4 is 39.7 Å². The Labute approximate surface area is 176 Å². The molecular formula is C22H18N4O3S. The summed E-state index contributed by atoms with van der Waals surface area (Å²) in [6.07, 6.45) is 1.37. The minimum Gasteiger partial charge on any atom is -0.448 e. The minimum absolute atomic E-state index is 0.124. The fourth-order valence-electron chi connectivity index (χ4n) is 3.14. The van der Waals surface area contributed by atoms with E-state index in [0.29, 0.717) is 34.7 Å². The highest BCUT2D eigenvalue weighted by atomic mass is 32.2. The number of amides is 1. The van der Waals surface area contributed by atoms with Gasteiger partial charge in [0.05, 0.1) is 18.0 Å². The van der Waals surface area contributed by atoms with Crippen molar-refractivity contribution in [2.24, 2.45) is 0 Å². The average molecular weight is 418 g/mol. The van der Waals surface area contributed by atoms with E-state index in [4.69, 9.17) is 9.68 Å². The van der Waals surface area contributed by atoms with Gasteiger partial charge < -0.3 is 9.73 Å². The molecule has 0 atom stereocenters. The molecule has 4 aromatic rings. The molecule has 150 valence electrons. The third-order valence-corrected chi connectivity index (χ3v) is 5.64. The van der Waals surface area contributed by atoms with Crippen LogP contribution in [0.25, 0.3) is 22.1 Å². The summed E-state index contributed by atoms with van der Waals surface area (Å²) >= 11 is 1.63. The minimum atomic E-state index is -0.381. The van der Waals surface area contributed by atoms with E-state index in [9.17, 15) is 9.59 Å². The molecule has 0 bridgehead atoms. The lowest BCUT2D eigenvalue weighted by Gasteiger charge is -2.07. The Morgan fingerprint density at radius 2 is 2.00 bits per heavy atom.